The lowest BCUT2D eigenvalue weighted by molar-refractivity contribution is 0.661. The molecule has 1 aliphatic carbocycles. The Morgan fingerprint density at radius 3 is 1.91 bits per heavy atom. The first-order valence-electron chi connectivity index (χ1n) is 15.1. The van der Waals surface area contributed by atoms with Crippen LogP contribution in [0.15, 0.2) is 133 Å². The van der Waals surface area contributed by atoms with E-state index in [9.17, 15) is 10.5 Å². The first-order chi connectivity index (χ1) is 22.0. The molecule has 1 heterocycles. The minimum absolute atomic E-state index is 0.184. The number of nitriles is 2. The molecule has 0 spiro atoms. The van der Waals surface area contributed by atoms with Crippen LogP contribution in [0.4, 0.5) is 17.1 Å². The van der Waals surface area contributed by atoms with E-state index in [0.29, 0.717) is 22.5 Å². The van der Waals surface area contributed by atoms with Gasteiger partial charge in [-0.3, -0.25) is 0 Å². The van der Waals surface area contributed by atoms with Crippen molar-refractivity contribution in [3.63, 3.8) is 0 Å². The lowest BCUT2D eigenvalue weighted by atomic mass is 9.82. The molecule has 0 atom stereocenters. The number of rotatable bonds is 4. The number of nitrogens with zero attached hydrogens (tertiary/aromatic N) is 4. The molecule has 45 heavy (non-hydrogen) atoms. The van der Waals surface area contributed by atoms with Gasteiger partial charge >= 0.3 is 0 Å². The maximum atomic E-state index is 10.9. The summed E-state index contributed by atoms with van der Waals surface area (Å²) < 4.78 is 2.18. The zero-order valence-electron chi connectivity index (χ0n) is 25.0. The number of hydrogen-bond acceptors (Lipinski definition) is 3. The molecule has 0 fully saturated rings. The molecule has 0 radical (unpaired) electrons. The largest absolute Gasteiger partial charge is 0.309 e. The van der Waals surface area contributed by atoms with E-state index >= 15 is 0 Å². The van der Waals surface area contributed by atoms with Crippen LogP contribution in [0.25, 0.3) is 38.6 Å². The van der Waals surface area contributed by atoms with Crippen molar-refractivity contribution in [2.45, 2.75) is 19.3 Å². The number of para-hydroxylation sites is 3. The predicted molar refractivity (Wildman–Crippen MR) is 182 cm³/mol. The fraction of sp³-hybridized carbons (Fsp3) is 0.0732. The Kier molecular flexibility index (Phi) is 5.88. The van der Waals surface area contributed by atoms with Gasteiger partial charge in [-0.2, -0.15) is 10.5 Å². The summed E-state index contributed by atoms with van der Waals surface area (Å²) in [6.07, 6.45) is 0. The fourth-order valence-corrected chi connectivity index (χ4v) is 7.15. The predicted octanol–water partition coefficient (Wildman–Crippen LogP) is 10.3. The molecule has 0 saturated heterocycles. The van der Waals surface area contributed by atoms with Gasteiger partial charge in [-0.25, -0.2) is 0 Å². The van der Waals surface area contributed by atoms with Crippen molar-refractivity contribution in [2.24, 2.45) is 0 Å². The van der Waals surface area contributed by atoms with E-state index in [1.165, 1.54) is 22.3 Å². The van der Waals surface area contributed by atoms with Crippen LogP contribution < -0.4 is 4.90 Å². The van der Waals surface area contributed by atoms with Crippen LogP contribution in [0.5, 0.6) is 0 Å². The quantitative estimate of drug-likeness (QED) is 0.209. The maximum absolute atomic E-state index is 10.9. The Labute approximate surface area is 262 Å². The van der Waals surface area contributed by atoms with Gasteiger partial charge < -0.3 is 9.47 Å². The van der Waals surface area contributed by atoms with Crippen LogP contribution in [-0.4, -0.2) is 4.57 Å². The van der Waals surface area contributed by atoms with Gasteiger partial charge in [-0.1, -0.05) is 92.7 Å². The zero-order valence-corrected chi connectivity index (χ0v) is 25.0. The third-order valence-corrected chi connectivity index (χ3v) is 9.22. The van der Waals surface area contributed by atoms with Gasteiger partial charge in [0.1, 0.15) is 11.6 Å². The average molecular weight is 577 g/mol. The summed E-state index contributed by atoms with van der Waals surface area (Å²) in [5.74, 6) is 0. The second kappa shape index (κ2) is 9.98. The normalized spacial score (nSPS) is 12.8. The molecule has 1 aromatic heterocycles. The highest BCUT2D eigenvalue weighted by Gasteiger charge is 2.36. The van der Waals surface area contributed by atoms with Crippen molar-refractivity contribution in [1.82, 2.24) is 4.57 Å². The molecule has 0 saturated carbocycles. The highest BCUT2D eigenvalue weighted by Crippen LogP contribution is 2.51. The van der Waals surface area contributed by atoms with Crippen molar-refractivity contribution in [3.05, 3.63) is 156 Å². The first kappa shape index (κ1) is 26.5. The minimum atomic E-state index is -0.184. The molecule has 1 aliphatic rings. The maximum Gasteiger partial charge on any atom is 0.104 e. The monoisotopic (exact) mass is 576 g/mol. The Morgan fingerprint density at radius 1 is 0.578 bits per heavy atom. The summed E-state index contributed by atoms with van der Waals surface area (Å²) >= 11 is 0. The Morgan fingerprint density at radius 2 is 1.22 bits per heavy atom. The summed E-state index contributed by atoms with van der Waals surface area (Å²) in [6.45, 7) is 4.56. The fourth-order valence-electron chi connectivity index (χ4n) is 7.15. The van der Waals surface area contributed by atoms with Crippen LogP contribution in [0, 0.1) is 22.7 Å². The van der Waals surface area contributed by atoms with Crippen LogP contribution >= 0.6 is 0 Å². The number of anilines is 3. The van der Waals surface area contributed by atoms with Crippen molar-refractivity contribution < 1.29 is 0 Å². The Balaban J connectivity index is 1.48. The van der Waals surface area contributed by atoms with Gasteiger partial charge in [0.25, 0.3) is 0 Å². The smallest absolute Gasteiger partial charge is 0.104 e. The number of benzene rings is 6. The molecule has 7 aromatic rings. The molecule has 4 heteroatoms. The van der Waals surface area contributed by atoms with Crippen LogP contribution in [0.2, 0.25) is 0 Å². The van der Waals surface area contributed by atoms with Gasteiger partial charge in [0.05, 0.1) is 34.0 Å². The molecule has 0 unspecified atom stereocenters. The van der Waals surface area contributed by atoms with Crippen molar-refractivity contribution in [1.29, 1.82) is 10.5 Å². The SMILES string of the molecule is CC1(C)c2ccccc2-c2cc3c4ccccc4n(-c4cc(C#N)cc(N(c5ccccc5)c5ccccc5)c4C#N)c3cc21. The highest BCUT2D eigenvalue weighted by atomic mass is 15.1. The number of hydrogen-bond donors (Lipinski definition) is 0. The molecule has 4 nitrogen and oxygen atoms in total. The van der Waals surface area contributed by atoms with E-state index in [4.69, 9.17) is 0 Å². The summed E-state index contributed by atoms with van der Waals surface area (Å²) in [5, 5.41) is 23.5. The summed E-state index contributed by atoms with van der Waals surface area (Å²) in [5.41, 5.74) is 11.0. The average Bonchev–Trinajstić information content (AvgIpc) is 3.52. The van der Waals surface area contributed by atoms with Gasteiger partial charge in [-0.05, 0) is 76.9 Å². The van der Waals surface area contributed by atoms with Gasteiger partial charge in [0.15, 0.2) is 0 Å². The summed E-state index contributed by atoms with van der Waals surface area (Å²) in [4.78, 5) is 2.06. The van der Waals surface area contributed by atoms with Crippen LogP contribution in [0.3, 0.4) is 0 Å². The Bertz CT molecular complexity index is 2330. The molecule has 8 rings (SSSR count). The van der Waals surface area contributed by atoms with E-state index in [2.05, 4.69) is 90.1 Å². The third-order valence-electron chi connectivity index (χ3n) is 9.22. The van der Waals surface area contributed by atoms with Crippen molar-refractivity contribution in [2.75, 3.05) is 4.90 Å². The zero-order chi connectivity index (χ0) is 30.7. The van der Waals surface area contributed by atoms with Crippen LogP contribution in [0.1, 0.15) is 36.1 Å². The number of aromatic nitrogens is 1. The van der Waals surface area contributed by atoms with Gasteiger partial charge in [-0.15, -0.1) is 0 Å². The van der Waals surface area contributed by atoms with Gasteiger partial charge in [0, 0.05) is 27.6 Å². The molecular formula is C41H28N4. The van der Waals surface area contributed by atoms with Crippen molar-refractivity contribution >= 4 is 38.9 Å². The lowest BCUT2D eigenvalue weighted by Gasteiger charge is -2.27. The van der Waals surface area contributed by atoms with E-state index in [0.717, 1.165) is 33.2 Å². The molecule has 0 aliphatic heterocycles. The van der Waals surface area contributed by atoms with Crippen LogP contribution in [-0.2, 0) is 5.41 Å². The lowest BCUT2D eigenvalue weighted by Crippen LogP contribution is -2.15. The van der Waals surface area contributed by atoms with Crippen molar-refractivity contribution in [3.8, 4) is 29.0 Å². The third kappa shape index (κ3) is 3.90. The van der Waals surface area contributed by atoms with E-state index in [-0.39, 0.29) is 5.41 Å². The second-order valence-corrected chi connectivity index (χ2v) is 12.1. The standard InChI is InChI=1S/C41H28N4/c1-41(2)35-19-11-9-17-30(35)32-23-33-31-18-10-12-20-37(31)45(40(33)24-36(32)41)39-22-27(25-42)21-38(34(39)26-43)44(28-13-5-3-6-14-28)29-15-7-4-8-16-29/h3-24H,1-2H3. The second-order valence-electron chi connectivity index (χ2n) is 12.1. The summed E-state index contributed by atoms with van der Waals surface area (Å²) in [7, 11) is 0. The first-order valence-corrected chi connectivity index (χ1v) is 15.1. The Hall–Kier alpha value is -6.10. The van der Waals surface area contributed by atoms with Gasteiger partial charge in [0.2, 0.25) is 0 Å². The molecule has 0 bridgehead atoms. The molecule has 0 N–H and O–H groups in total. The minimum Gasteiger partial charge on any atom is -0.309 e. The topological polar surface area (TPSA) is 55.8 Å². The highest BCUT2D eigenvalue weighted by molar-refractivity contribution is 6.12. The molecule has 6 aromatic carbocycles. The van der Waals surface area contributed by atoms with E-state index in [1.54, 1.807) is 0 Å². The van der Waals surface area contributed by atoms with E-state index < -0.39 is 0 Å². The molecular weight excluding hydrogens is 548 g/mol. The molecule has 212 valence electrons. The summed E-state index contributed by atoms with van der Waals surface area (Å²) in [6, 6.07) is 50.3. The number of fused-ring (bicyclic) bond motifs is 6. The van der Waals surface area contributed by atoms with E-state index in [1.807, 2.05) is 78.9 Å². The molecule has 0 amide bonds.